The van der Waals surface area contributed by atoms with Gasteiger partial charge >= 0.3 is 5.84 Å². The smallest absolute Gasteiger partial charge is 0.310 e. The van der Waals surface area contributed by atoms with Gasteiger partial charge in [-0.3, -0.25) is 9.20 Å². The fraction of sp³-hybridized carbons (Fsp3) is 0. The predicted molar refractivity (Wildman–Crippen MR) is 76.4 cm³/mol. The topological polar surface area (TPSA) is 47.5 Å². The van der Waals surface area contributed by atoms with Gasteiger partial charge in [0.15, 0.2) is 5.58 Å². The van der Waals surface area contributed by atoms with Gasteiger partial charge in [-0.15, -0.1) is 0 Å². The van der Waals surface area contributed by atoms with Gasteiger partial charge in [0.1, 0.15) is 0 Å². The molecule has 2 heterocycles. The molecule has 4 rings (SSSR count). The van der Waals surface area contributed by atoms with E-state index in [0.29, 0.717) is 16.8 Å². The van der Waals surface area contributed by atoms with E-state index in [1.165, 1.54) is 0 Å². The van der Waals surface area contributed by atoms with Crippen LogP contribution in [0.2, 0.25) is 0 Å². The van der Waals surface area contributed by atoms with Crippen LogP contribution in [-0.2, 0) is 0 Å². The number of nitrogens with zero attached hydrogens (tertiary/aromatic N) is 2. The molecule has 4 nitrogen and oxygen atoms in total. The van der Waals surface area contributed by atoms with E-state index < -0.39 is 0 Å². The van der Waals surface area contributed by atoms with Crippen molar-refractivity contribution in [2.24, 2.45) is 0 Å². The molecule has 0 fully saturated rings. The molecule has 0 aliphatic carbocycles. The van der Waals surface area contributed by atoms with Crippen LogP contribution in [0.25, 0.3) is 27.8 Å². The average Bonchev–Trinajstić information content (AvgIpc) is 2.76. The van der Waals surface area contributed by atoms with E-state index in [4.69, 9.17) is 4.42 Å². The van der Waals surface area contributed by atoms with E-state index >= 15 is 0 Å². The van der Waals surface area contributed by atoms with E-state index in [0.717, 1.165) is 15.5 Å². The van der Waals surface area contributed by atoms with Crippen molar-refractivity contribution in [2.75, 3.05) is 0 Å². The summed E-state index contributed by atoms with van der Waals surface area (Å²) in [5, 5.41) is 0.589. The van der Waals surface area contributed by atoms with E-state index in [-0.39, 0.29) is 5.56 Å². The Hall–Kier alpha value is -2.14. The van der Waals surface area contributed by atoms with Crippen LogP contribution in [0.4, 0.5) is 0 Å². The third-order valence-corrected chi connectivity index (χ3v) is 3.62. The maximum Gasteiger partial charge on any atom is 0.310 e. The zero-order valence-corrected chi connectivity index (χ0v) is 11.2. The van der Waals surface area contributed by atoms with Crippen molar-refractivity contribution in [3.8, 4) is 0 Å². The molecule has 0 aliphatic rings. The van der Waals surface area contributed by atoms with Gasteiger partial charge in [-0.2, -0.15) is 4.98 Å². The lowest BCUT2D eigenvalue weighted by Crippen LogP contribution is -2.08. The number of benzene rings is 2. The number of halogens is 1. The predicted octanol–water partition coefficient (Wildman–Crippen LogP) is 3.36. The Kier molecular flexibility index (Phi) is 2.08. The molecule has 0 unspecified atom stereocenters. The van der Waals surface area contributed by atoms with Crippen LogP contribution in [0.15, 0.2) is 56.1 Å². The number of fused-ring (bicyclic) bond motifs is 5. The highest BCUT2D eigenvalue weighted by atomic mass is 79.9. The molecule has 0 saturated carbocycles. The van der Waals surface area contributed by atoms with Crippen molar-refractivity contribution in [3.05, 3.63) is 57.3 Å². The Morgan fingerprint density at radius 2 is 1.95 bits per heavy atom. The maximum absolute atomic E-state index is 11.9. The van der Waals surface area contributed by atoms with Gasteiger partial charge < -0.3 is 4.42 Å². The third-order valence-electron chi connectivity index (χ3n) is 3.13. The van der Waals surface area contributed by atoms with Gasteiger partial charge in [0.25, 0.3) is 5.56 Å². The number of rotatable bonds is 0. The fourth-order valence-corrected chi connectivity index (χ4v) is 2.64. The number of hydrogen-bond acceptors (Lipinski definition) is 3. The first-order chi connectivity index (χ1) is 9.24. The van der Waals surface area contributed by atoms with Gasteiger partial charge in [0.2, 0.25) is 0 Å². The molecule has 92 valence electrons. The van der Waals surface area contributed by atoms with Crippen molar-refractivity contribution >= 4 is 43.8 Å². The van der Waals surface area contributed by atoms with Crippen LogP contribution < -0.4 is 5.56 Å². The van der Waals surface area contributed by atoms with Crippen molar-refractivity contribution in [1.82, 2.24) is 9.38 Å². The molecular weight excluding hydrogens is 308 g/mol. The summed E-state index contributed by atoms with van der Waals surface area (Å²) < 4.78 is 8.43. The van der Waals surface area contributed by atoms with Crippen LogP contribution in [-0.4, -0.2) is 9.38 Å². The Morgan fingerprint density at radius 1 is 1.11 bits per heavy atom. The lowest BCUT2D eigenvalue weighted by Gasteiger charge is -1.99. The molecule has 0 radical (unpaired) electrons. The molecule has 0 saturated heterocycles. The van der Waals surface area contributed by atoms with Gasteiger partial charge in [0, 0.05) is 4.47 Å². The molecule has 5 heteroatoms. The fourth-order valence-electron chi connectivity index (χ4n) is 2.30. The molecule has 0 aliphatic heterocycles. The van der Waals surface area contributed by atoms with Crippen molar-refractivity contribution in [1.29, 1.82) is 0 Å². The molecule has 19 heavy (non-hydrogen) atoms. The minimum Gasteiger partial charge on any atom is -0.423 e. The van der Waals surface area contributed by atoms with Crippen LogP contribution in [0.5, 0.6) is 0 Å². The van der Waals surface area contributed by atoms with Crippen LogP contribution in [0, 0.1) is 0 Å². The normalized spacial score (nSPS) is 11.6. The number of hydrogen-bond donors (Lipinski definition) is 0. The van der Waals surface area contributed by atoms with Crippen LogP contribution in [0.1, 0.15) is 0 Å². The molecule has 2 aromatic heterocycles. The summed E-state index contributed by atoms with van der Waals surface area (Å²) in [7, 11) is 0. The lowest BCUT2D eigenvalue weighted by molar-refractivity contribution is 0.636. The summed E-state index contributed by atoms with van der Waals surface area (Å²) in [6, 6.07) is 13.1. The first-order valence-electron chi connectivity index (χ1n) is 5.73. The first kappa shape index (κ1) is 10.8. The van der Waals surface area contributed by atoms with E-state index in [9.17, 15) is 4.79 Å². The summed E-state index contributed by atoms with van der Waals surface area (Å²) in [5.74, 6) is 0.316. The lowest BCUT2D eigenvalue weighted by atomic mass is 10.2. The third kappa shape index (κ3) is 1.45. The largest absolute Gasteiger partial charge is 0.423 e. The van der Waals surface area contributed by atoms with Crippen LogP contribution in [0.3, 0.4) is 0 Å². The SMILES string of the molecule is O=c1nc2oc3cc(Br)ccc3n2c2ccccc12. The van der Waals surface area contributed by atoms with Gasteiger partial charge in [-0.05, 0) is 30.3 Å². The quantitative estimate of drug-likeness (QED) is 0.500. The Bertz CT molecular complexity index is 1000. The highest BCUT2D eigenvalue weighted by Gasteiger charge is 2.12. The van der Waals surface area contributed by atoms with Crippen molar-refractivity contribution in [3.63, 3.8) is 0 Å². The average molecular weight is 315 g/mol. The van der Waals surface area contributed by atoms with Crippen molar-refractivity contribution in [2.45, 2.75) is 0 Å². The van der Waals surface area contributed by atoms with E-state index in [1.54, 1.807) is 6.07 Å². The molecule has 2 aromatic carbocycles. The molecule has 0 atom stereocenters. The molecule has 0 bridgehead atoms. The first-order valence-corrected chi connectivity index (χ1v) is 6.53. The second-order valence-corrected chi connectivity index (χ2v) is 5.18. The highest BCUT2D eigenvalue weighted by Crippen LogP contribution is 2.25. The summed E-state index contributed by atoms with van der Waals surface area (Å²) in [6.07, 6.45) is 0. The second-order valence-electron chi connectivity index (χ2n) is 4.27. The van der Waals surface area contributed by atoms with E-state index in [2.05, 4.69) is 20.9 Å². The summed E-state index contributed by atoms with van der Waals surface area (Å²) in [6.45, 7) is 0. The second kappa shape index (κ2) is 3.68. The number of para-hydroxylation sites is 1. The molecule has 0 amide bonds. The molecule has 0 spiro atoms. The monoisotopic (exact) mass is 314 g/mol. The highest BCUT2D eigenvalue weighted by molar-refractivity contribution is 9.10. The van der Waals surface area contributed by atoms with Gasteiger partial charge in [-0.1, -0.05) is 28.1 Å². The van der Waals surface area contributed by atoms with Crippen molar-refractivity contribution < 1.29 is 4.42 Å². The molecular formula is C14H7BrN2O2. The van der Waals surface area contributed by atoms with Gasteiger partial charge in [0.05, 0.1) is 16.4 Å². The zero-order chi connectivity index (χ0) is 13.0. The summed E-state index contributed by atoms with van der Waals surface area (Å²) in [4.78, 5) is 15.9. The zero-order valence-electron chi connectivity index (χ0n) is 9.63. The molecule has 0 N–H and O–H groups in total. The molecule has 4 aromatic rings. The summed E-state index contributed by atoms with van der Waals surface area (Å²) in [5.41, 5.74) is 2.12. The number of oxazole rings is 1. The number of aromatic nitrogens is 2. The van der Waals surface area contributed by atoms with Gasteiger partial charge in [-0.25, -0.2) is 0 Å². The Morgan fingerprint density at radius 3 is 2.84 bits per heavy atom. The minimum atomic E-state index is -0.270. The Balaban J connectivity index is 2.38. The minimum absolute atomic E-state index is 0.270. The Labute approximate surface area is 115 Å². The maximum atomic E-state index is 11.9. The summed E-state index contributed by atoms with van der Waals surface area (Å²) >= 11 is 3.40. The standard InChI is InChI=1S/C14H7BrN2O2/c15-8-5-6-11-12(7-8)19-14-16-13(18)9-3-1-2-4-10(9)17(11)14/h1-7H. The van der Waals surface area contributed by atoms with E-state index in [1.807, 2.05) is 40.8 Å². The van der Waals surface area contributed by atoms with Crippen LogP contribution >= 0.6 is 15.9 Å².